The molecule has 0 aliphatic rings. The minimum atomic E-state index is -4.68. The van der Waals surface area contributed by atoms with E-state index in [4.69, 9.17) is 11.6 Å². The van der Waals surface area contributed by atoms with E-state index in [2.05, 4.69) is 4.74 Å². The smallest absolute Gasteiger partial charge is 0.416 e. The number of halogens is 4. The van der Waals surface area contributed by atoms with E-state index in [0.717, 1.165) is 12.1 Å². The van der Waals surface area contributed by atoms with E-state index in [1.807, 2.05) is 0 Å². The monoisotopic (exact) mass is 373 g/mol. The SMILES string of the molecule is CCOC(=O)CN(c1cc(C(F)(F)F)ccc1Cl)S(=O)(=O)CC. The highest BCUT2D eigenvalue weighted by molar-refractivity contribution is 7.92. The molecule has 0 aliphatic heterocycles. The third-order valence-corrected chi connectivity index (χ3v) is 4.87. The van der Waals surface area contributed by atoms with Crippen LogP contribution >= 0.6 is 11.6 Å². The van der Waals surface area contributed by atoms with Crippen molar-refractivity contribution >= 4 is 33.3 Å². The molecule has 0 bridgehead atoms. The number of hydrogen-bond acceptors (Lipinski definition) is 4. The molecule has 0 atom stereocenters. The first-order valence-electron chi connectivity index (χ1n) is 6.55. The number of ether oxygens (including phenoxy) is 1. The standard InChI is InChI=1S/C13H15ClF3NO4S/c1-3-22-12(19)8-18(23(20,21)4-2)11-7-9(13(15,16)17)5-6-10(11)14/h5-7H,3-4,8H2,1-2H3. The molecule has 10 heteroatoms. The number of benzene rings is 1. The second kappa shape index (κ2) is 7.39. The maximum absolute atomic E-state index is 12.8. The molecular formula is C13H15ClF3NO4S. The minimum Gasteiger partial charge on any atom is -0.465 e. The lowest BCUT2D eigenvalue weighted by atomic mass is 10.2. The zero-order valence-corrected chi connectivity index (χ0v) is 13.9. The third-order valence-electron chi connectivity index (χ3n) is 2.82. The van der Waals surface area contributed by atoms with Gasteiger partial charge in [-0.2, -0.15) is 13.2 Å². The summed E-state index contributed by atoms with van der Waals surface area (Å²) in [6.07, 6.45) is -4.68. The Hall–Kier alpha value is -1.48. The number of carbonyl (C=O) groups is 1. The Bertz CT molecular complexity index is 676. The van der Waals surface area contributed by atoms with Crippen LogP contribution in [-0.2, 0) is 25.7 Å². The maximum Gasteiger partial charge on any atom is 0.416 e. The Morgan fingerprint density at radius 1 is 1.30 bits per heavy atom. The summed E-state index contributed by atoms with van der Waals surface area (Å²) in [5.74, 6) is -1.31. The highest BCUT2D eigenvalue weighted by Crippen LogP contribution is 2.36. The average Bonchev–Trinajstić information content (AvgIpc) is 2.44. The normalized spacial score (nSPS) is 12.1. The van der Waals surface area contributed by atoms with E-state index in [9.17, 15) is 26.4 Å². The molecule has 1 rings (SSSR count). The first kappa shape index (κ1) is 19.6. The molecule has 0 radical (unpaired) electrons. The first-order chi connectivity index (χ1) is 10.5. The van der Waals surface area contributed by atoms with Crippen LogP contribution in [0.5, 0.6) is 0 Å². The quantitative estimate of drug-likeness (QED) is 0.719. The number of alkyl halides is 3. The van der Waals surface area contributed by atoms with Crippen molar-refractivity contribution in [3.8, 4) is 0 Å². The molecule has 0 saturated carbocycles. The highest BCUT2D eigenvalue weighted by atomic mass is 35.5. The Morgan fingerprint density at radius 3 is 2.39 bits per heavy atom. The van der Waals surface area contributed by atoms with Crippen molar-refractivity contribution in [3.05, 3.63) is 28.8 Å². The van der Waals surface area contributed by atoms with Gasteiger partial charge in [0.25, 0.3) is 0 Å². The van der Waals surface area contributed by atoms with E-state index in [1.54, 1.807) is 0 Å². The van der Waals surface area contributed by atoms with Gasteiger partial charge in [-0.25, -0.2) is 8.42 Å². The Kier molecular flexibility index (Phi) is 6.29. The van der Waals surface area contributed by atoms with Crippen LogP contribution in [0.15, 0.2) is 18.2 Å². The van der Waals surface area contributed by atoms with E-state index in [1.165, 1.54) is 13.8 Å². The van der Waals surface area contributed by atoms with Crippen molar-refractivity contribution in [1.82, 2.24) is 0 Å². The van der Waals surface area contributed by atoms with Crippen LogP contribution < -0.4 is 4.31 Å². The van der Waals surface area contributed by atoms with E-state index < -0.39 is 45.7 Å². The van der Waals surface area contributed by atoms with Gasteiger partial charge in [0.05, 0.1) is 28.6 Å². The fourth-order valence-corrected chi connectivity index (χ4v) is 3.03. The molecule has 0 N–H and O–H groups in total. The van der Waals surface area contributed by atoms with Crippen LogP contribution in [0.2, 0.25) is 5.02 Å². The van der Waals surface area contributed by atoms with E-state index in [-0.39, 0.29) is 11.6 Å². The second-order valence-corrected chi connectivity index (χ2v) is 6.97. The number of rotatable bonds is 6. The predicted octanol–water partition coefficient (Wildman–Crippen LogP) is 3.08. The molecular weight excluding hydrogens is 359 g/mol. The summed E-state index contributed by atoms with van der Waals surface area (Å²) in [5, 5.41) is -0.223. The van der Waals surface area contributed by atoms with Crippen LogP contribution in [0, 0.1) is 0 Å². The topological polar surface area (TPSA) is 63.7 Å². The number of sulfonamides is 1. The van der Waals surface area contributed by atoms with Gasteiger partial charge < -0.3 is 4.74 Å². The molecule has 0 heterocycles. The van der Waals surface area contributed by atoms with Crippen LogP contribution in [0.25, 0.3) is 0 Å². The summed E-state index contributed by atoms with van der Waals surface area (Å²) < 4.78 is 67.9. The molecule has 0 spiro atoms. The van der Waals surface area contributed by atoms with Crippen molar-refractivity contribution in [2.45, 2.75) is 20.0 Å². The van der Waals surface area contributed by atoms with Gasteiger partial charge in [-0.15, -0.1) is 0 Å². The Morgan fingerprint density at radius 2 is 1.91 bits per heavy atom. The van der Waals surface area contributed by atoms with Gasteiger partial charge >= 0.3 is 12.1 Å². The van der Waals surface area contributed by atoms with Gasteiger partial charge in [0.2, 0.25) is 10.0 Å². The van der Waals surface area contributed by atoms with Crippen molar-refractivity contribution in [3.63, 3.8) is 0 Å². The first-order valence-corrected chi connectivity index (χ1v) is 8.54. The van der Waals surface area contributed by atoms with Gasteiger partial charge in [-0.3, -0.25) is 9.10 Å². The van der Waals surface area contributed by atoms with E-state index >= 15 is 0 Å². The number of anilines is 1. The molecule has 0 fully saturated rings. The van der Waals surface area contributed by atoms with Crippen LogP contribution in [0.1, 0.15) is 19.4 Å². The summed E-state index contributed by atoms with van der Waals surface area (Å²) in [6.45, 7) is 2.07. The molecule has 0 aromatic heterocycles. The van der Waals surface area contributed by atoms with E-state index in [0.29, 0.717) is 10.4 Å². The molecule has 1 aromatic rings. The molecule has 5 nitrogen and oxygen atoms in total. The average molecular weight is 374 g/mol. The zero-order valence-electron chi connectivity index (χ0n) is 12.4. The van der Waals surface area contributed by atoms with Gasteiger partial charge in [-0.1, -0.05) is 11.6 Å². The number of nitrogens with zero attached hydrogens (tertiary/aromatic N) is 1. The van der Waals surface area contributed by atoms with Gasteiger partial charge in [0.15, 0.2) is 0 Å². The Labute approximate surface area is 137 Å². The maximum atomic E-state index is 12.8. The Balaban J connectivity index is 3.40. The second-order valence-electron chi connectivity index (χ2n) is 4.38. The molecule has 1 aromatic carbocycles. The summed E-state index contributed by atoms with van der Waals surface area (Å²) in [6, 6.07) is 2.25. The number of esters is 1. The van der Waals surface area contributed by atoms with Crippen LogP contribution in [0.3, 0.4) is 0 Å². The van der Waals surface area contributed by atoms with Crippen molar-refractivity contribution in [1.29, 1.82) is 0 Å². The molecule has 130 valence electrons. The summed E-state index contributed by atoms with van der Waals surface area (Å²) >= 11 is 5.84. The summed E-state index contributed by atoms with van der Waals surface area (Å²) in [4.78, 5) is 11.6. The lowest BCUT2D eigenvalue weighted by Gasteiger charge is -2.24. The number of carbonyl (C=O) groups excluding carboxylic acids is 1. The molecule has 0 unspecified atom stereocenters. The van der Waals surface area contributed by atoms with Crippen LogP contribution in [0.4, 0.5) is 18.9 Å². The molecule has 23 heavy (non-hydrogen) atoms. The number of hydrogen-bond donors (Lipinski definition) is 0. The third kappa shape index (κ3) is 5.00. The van der Waals surface area contributed by atoms with Gasteiger partial charge in [-0.05, 0) is 32.0 Å². The minimum absolute atomic E-state index is 0.00910. The fourth-order valence-electron chi connectivity index (χ4n) is 1.69. The fraction of sp³-hybridized carbons (Fsp3) is 0.462. The van der Waals surface area contributed by atoms with Crippen molar-refractivity contribution in [2.24, 2.45) is 0 Å². The molecule has 0 aliphatic carbocycles. The van der Waals surface area contributed by atoms with Crippen molar-refractivity contribution in [2.75, 3.05) is 23.2 Å². The molecule has 0 saturated heterocycles. The molecule has 0 amide bonds. The predicted molar refractivity (Wildman–Crippen MR) is 79.9 cm³/mol. The largest absolute Gasteiger partial charge is 0.465 e. The van der Waals surface area contributed by atoms with Gasteiger partial charge in [0.1, 0.15) is 6.54 Å². The van der Waals surface area contributed by atoms with Crippen molar-refractivity contribution < 1.29 is 31.1 Å². The van der Waals surface area contributed by atoms with Gasteiger partial charge in [0, 0.05) is 0 Å². The summed E-state index contributed by atoms with van der Waals surface area (Å²) in [7, 11) is -4.03. The van der Waals surface area contributed by atoms with Crippen LogP contribution in [-0.4, -0.2) is 33.3 Å². The lowest BCUT2D eigenvalue weighted by molar-refractivity contribution is -0.141. The summed E-state index contributed by atoms with van der Waals surface area (Å²) in [5.41, 5.74) is -1.49. The lowest BCUT2D eigenvalue weighted by Crippen LogP contribution is -2.38. The zero-order chi connectivity index (χ0) is 17.8. The highest BCUT2D eigenvalue weighted by Gasteiger charge is 2.33.